The van der Waals surface area contributed by atoms with E-state index in [9.17, 15) is 0 Å². The van der Waals surface area contributed by atoms with Gasteiger partial charge >= 0.3 is 0 Å². The lowest BCUT2D eigenvalue weighted by molar-refractivity contribution is -0.670. The van der Waals surface area contributed by atoms with Gasteiger partial charge in [-0.15, -0.1) is 0 Å². The van der Waals surface area contributed by atoms with Crippen LogP contribution >= 0.6 is 12.2 Å². The molecule has 0 bridgehead atoms. The van der Waals surface area contributed by atoms with Gasteiger partial charge in [0.15, 0.2) is 0 Å². The smallest absolute Gasteiger partial charge is 0.270 e. The molecule has 0 aliphatic carbocycles. The van der Waals surface area contributed by atoms with E-state index in [2.05, 4.69) is 43.0 Å². The number of aryl methyl sites for hydroxylation is 1. The molecule has 2 rings (SSSR count). The first-order valence-corrected chi connectivity index (χ1v) is 6.87. The Kier molecular flexibility index (Phi) is 6.61. The van der Waals surface area contributed by atoms with Crippen LogP contribution in [0.2, 0.25) is 0 Å². The van der Waals surface area contributed by atoms with Gasteiger partial charge in [-0.05, 0) is 31.6 Å². The molecule has 0 radical (unpaired) electrons. The molecule has 20 heavy (non-hydrogen) atoms. The Bertz CT molecular complexity index is 551. The van der Waals surface area contributed by atoms with E-state index >= 15 is 0 Å². The highest BCUT2D eigenvalue weighted by Gasteiger charge is 2.19. The number of hydrogen-bond acceptors (Lipinski definition) is 1. The van der Waals surface area contributed by atoms with Crippen molar-refractivity contribution in [3.8, 4) is 0 Å². The van der Waals surface area contributed by atoms with Crippen molar-refractivity contribution in [1.29, 1.82) is 0 Å². The minimum Gasteiger partial charge on any atom is -1.00 e. The molecule has 0 amide bonds. The lowest BCUT2D eigenvalue weighted by Crippen LogP contribution is -3.00. The summed E-state index contributed by atoms with van der Waals surface area (Å²) in [5, 5.41) is 0.833. The first-order chi connectivity index (χ1) is 9.08. The molecule has 0 aliphatic rings. The maximum atomic E-state index is 5.61. The molecule has 0 unspecified atom stereocenters. The van der Waals surface area contributed by atoms with Gasteiger partial charge in [-0.1, -0.05) is 30.3 Å². The van der Waals surface area contributed by atoms with Crippen molar-refractivity contribution >= 4 is 17.3 Å². The number of rotatable bonds is 3. The summed E-state index contributed by atoms with van der Waals surface area (Å²) in [4.78, 5) is 2.23. The molecule has 3 nitrogen and oxygen atoms in total. The molecule has 0 fully saturated rings. The number of aromatic nitrogens is 2. The number of halogens is 1. The average molecular weight is 401 g/mol. The number of benzene rings is 1. The monoisotopic (exact) mass is 401 g/mol. The Morgan fingerprint density at radius 2 is 1.95 bits per heavy atom. The molecule has 5 heteroatoms. The molecular formula is C15H20IN3S. The lowest BCUT2D eigenvalue weighted by Gasteiger charge is -2.26. The van der Waals surface area contributed by atoms with Gasteiger partial charge in [0.25, 0.3) is 11.4 Å². The SMILES string of the molecule is CC(C)N(Cc1ccccc1)C(=S)n1cc[n+](C)c1.[I-]. The van der Waals surface area contributed by atoms with Crippen LogP contribution < -0.4 is 28.5 Å². The Balaban J connectivity index is 0.00000200. The molecule has 1 heterocycles. The van der Waals surface area contributed by atoms with Gasteiger partial charge in [0.2, 0.25) is 0 Å². The summed E-state index contributed by atoms with van der Waals surface area (Å²) in [7, 11) is 2.00. The van der Waals surface area contributed by atoms with Gasteiger partial charge in [0.1, 0.15) is 12.4 Å². The lowest BCUT2D eigenvalue weighted by atomic mass is 10.2. The summed E-state index contributed by atoms with van der Waals surface area (Å²) in [5.74, 6) is 0. The van der Waals surface area contributed by atoms with Crippen LogP contribution in [0.5, 0.6) is 0 Å². The van der Waals surface area contributed by atoms with Crippen molar-refractivity contribution in [2.45, 2.75) is 26.4 Å². The van der Waals surface area contributed by atoms with E-state index in [1.807, 2.05) is 41.0 Å². The molecule has 2 aromatic rings. The van der Waals surface area contributed by atoms with Crippen LogP contribution in [0.15, 0.2) is 49.1 Å². The topological polar surface area (TPSA) is 12.1 Å². The minimum atomic E-state index is 0. The maximum absolute atomic E-state index is 5.61. The molecule has 1 aromatic carbocycles. The Morgan fingerprint density at radius 1 is 1.30 bits per heavy atom. The van der Waals surface area contributed by atoms with E-state index in [1.165, 1.54) is 5.56 Å². The van der Waals surface area contributed by atoms with Crippen molar-refractivity contribution in [2.24, 2.45) is 7.05 Å². The fourth-order valence-corrected chi connectivity index (χ4v) is 2.35. The molecule has 0 spiro atoms. The largest absolute Gasteiger partial charge is 1.00 e. The predicted molar refractivity (Wildman–Crippen MR) is 80.7 cm³/mol. The Hall–Kier alpha value is -0.950. The zero-order valence-corrected chi connectivity index (χ0v) is 15.0. The summed E-state index contributed by atoms with van der Waals surface area (Å²) in [5.41, 5.74) is 1.27. The van der Waals surface area contributed by atoms with Gasteiger partial charge in [0.05, 0.1) is 7.05 Å². The molecule has 0 N–H and O–H groups in total. The van der Waals surface area contributed by atoms with Crippen molar-refractivity contribution in [1.82, 2.24) is 9.47 Å². The summed E-state index contributed by atoms with van der Waals surface area (Å²) in [6, 6.07) is 10.8. The highest BCUT2D eigenvalue weighted by atomic mass is 127. The predicted octanol–water partition coefficient (Wildman–Crippen LogP) is -0.640. The molecule has 0 aliphatic heterocycles. The second-order valence-corrected chi connectivity index (χ2v) is 5.34. The van der Waals surface area contributed by atoms with E-state index in [0.29, 0.717) is 6.04 Å². The molecule has 0 saturated heterocycles. The molecule has 0 atom stereocenters. The number of thiocarbonyl (C=S) groups is 1. The summed E-state index contributed by atoms with van der Waals surface area (Å²) < 4.78 is 3.98. The van der Waals surface area contributed by atoms with Crippen LogP contribution in [0.4, 0.5) is 0 Å². The molecule has 0 saturated carbocycles. The molecular weight excluding hydrogens is 381 g/mol. The second-order valence-electron chi connectivity index (χ2n) is 4.98. The van der Waals surface area contributed by atoms with Crippen molar-refractivity contribution in [3.05, 3.63) is 54.6 Å². The first-order valence-electron chi connectivity index (χ1n) is 6.46. The van der Waals surface area contributed by atoms with Crippen LogP contribution in [0.3, 0.4) is 0 Å². The zero-order chi connectivity index (χ0) is 13.8. The van der Waals surface area contributed by atoms with Gasteiger partial charge < -0.3 is 28.9 Å². The van der Waals surface area contributed by atoms with Crippen LogP contribution in [-0.4, -0.2) is 20.6 Å². The second kappa shape index (κ2) is 7.73. The zero-order valence-electron chi connectivity index (χ0n) is 12.0. The Morgan fingerprint density at radius 3 is 2.45 bits per heavy atom. The summed E-state index contributed by atoms with van der Waals surface area (Å²) in [6.45, 7) is 5.16. The van der Waals surface area contributed by atoms with Gasteiger partial charge in [0, 0.05) is 12.6 Å². The van der Waals surface area contributed by atoms with Gasteiger partial charge in [-0.25, -0.2) is 4.57 Å². The van der Waals surface area contributed by atoms with Gasteiger partial charge in [-0.3, -0.25) is 0 Å². The van der Waals surface area contributed by atoms with Crippen molar-refractivity contribution in [2.75, 3.05) is 0 Å². The highest BCUT2D eigenvalue weighted by Crippen LogP contribution is 2.10. The normalized spacial score (nSPS) is 10.2. The van der Waals surface area contributed by atoms with E-state index in [-0.39, 0.29) is 24.0 Å². The summed E-state index contributed by atoms with van der Waals surface area (Å²) >= 11 is 5.61. The third-order valence-corrected chi connectivity index (χ3v) is 3.50. The van der Waals surface area contributed by atoms with E-state index in [0.717, 1.165) is 11.7 Å². The quantitative estimate of drug-likeness (QED) is 0.386. The third-order valence-electron chi connectivity index (χ3n) is 3.05. The highest BCUT2D eigenvalue weighted by molar-refractivity contribution is 7.80. The van der Waals surface area contributed by atoms with E-state index in [4.69, 9.17) is 12.2 Å². The van der Waals surface area contributed by atoms with Gasteiger partial charge in [-0.2, -0.15) is 4.57 Å². The van der Waals surface area contributed by atoms with E-state index in [1.54, 1.807) is 0 Å². The fourth-order valence-electron chi connectivity index (χ4n) is 1.96. The van der Waals surface area contributed by atoms with Crippen LogP contribution in [0, 0.1) is 0 Å². The van der Waals surface area contributed by atoms with Crippen molar-refractivity contribution in [3.63, 3.8) is 0 Å². The standard InChI is InChI=1S/C15H20N3S.HI/c1-13(2)18(11-14-7-5-4-6-8-14)15(19)17-10-9-16(3)12-17;/h4-10,12-13H,11H2,1-3H3;1H/q+1;/p-1. The van der Waals surface area contributed by atoms with E-state index < -0.39 is 0 Å². The number of imidazole rings is 1. The third kappa shape index (κ3) is 4.28. The van der Waals surface area contributed by atoms with Crippen LogP contribution in [0.1, 0.15) is 19.4 Å². The maximum Gasteiger partial charge on any atom is 0.270 e. The van der Waals surface area contributed by atoms with Crippen LogP contribution in [0.25, 0.3) is 0 Å². The first kappa shape index (κ1) is 17.1. The molecule has 1 aromatic heterocycles. The number of hydrogen-bond donors (Lipinski definition) is 0. The minimum absolute atomic E-state index is 0. The number of nitrogens with zero attached hydrogens (tertiary/aromatic N) is 3. The van der Waals surface area contributed by atoms with Crippen LogP contribution in [-0.2, 0) is 13.6 Å². The Labute approximate surface area is 143 Å². The summed E-state index contributed by atoms with van der Waals surface area (Å²) in [6.07, 6.45) is 5.97. The molecule has 108 valence electrons. The van der Waals surface area contributed by atoms with Crippen molar-refractivity contribution < 1.29 is 28.5 Å². The average Bonchev–Trinajstić information content (AvgIpc) is 2.83. The fraction of sp³-hybridized carbons (Fsp3) is 0.333.